The molecule has 0 unspecified atom stereocenters. The van der Waals surface area contributed by atoms with E-state index in [2.05, 4.69) is 6.58 Å². The Balaban J connectivity index is 2.05. The van der Waals surface area contributed by atoms with Crippen molar-refractivity contribution in [2.24, 2.45) is 22.5 Å². The lowest BCUT2D eigenvalue weighted by Gasteiger charge is -2.50. The predicted molar refractivity (Wildman–Crippen MR) is 97.9 cm³/mol. The largest absolute Gasteiger partial charge is 0.348 e. The number of hydrogen-bond acceptors (Lipinski definition) is 5. The van der Waals surface area contributed by atoms with Crippen LogP contribution in [0, 0.1) is 16.7 Å². The number of anilines is 1. The lowest BCUT2D eigenvalue weighted by atomic mass is 9.53. The molecule has 140 valence electrons. The quantitative estimate of drug-likeness (QED) is 0.759. The number of carbonyl (C=O) groups excluding carboxylic acids is 3. The van der Waals surface area contributed by atoms with E-state index in [0.29, 0.717) is 16.8 Å². The highest BCUT2D eigenvalue weighted by Crippen LogP contribution is 2.70. The molecule has 2 heterocycles. The van der Waals surface area contributed by atoms with Gasteiger partial charge in [0.2, 0.25) is 0 Å². The summed E-state index contributed by atoms with van der Waals surface area (Å²) in [6, 6.07) is 5.35. The number of amides is 1. The summed E-state index contributed by atoms with van der Waals surface area (Å²) in [4.78, 5) is 42.4. The molecule has 2 fully saturated rings. The summed E-state index contributed by atoms with van der Waals surface area (Å²) in [6.45, 7) is 9.15. The summed E-state index contributed by atoms with van der Waals surface area (Å²) in [7, 11) is 1.69. The summed E-state index contributed by atoms with van der Waals surface area (Å²) < 4.78 is 6.33. The van der Waals surface area contributed by atoms with Gasteiger partial charge in [-0.3, -0.25) is 14.4 Å². The molecule has 1 aromatic rings. The van der Waals surface area contributed by atoms with E-state index in [-0.39, 0.29) is 17.5 Å². The first-order valence-electron chi connectivity index (χ1n) is 9.13. The minimum Gasteiger partial charge on any atom is -0.348 e. The highest BCUT2D eigenvalue weighted by Gasteiger charge is 2.81. The second-order valence-electron chi connectivity index (χ2n) is 8.93. The Bertz CT molecular complexity index is 998. The molecule has 27 heavy (non-hydrogen) atoms. The third-order valence-electron chi connectivity index (χ3n) is 7.75. The van der Waals surface area contributed by atoms with Gasteiger partial charge < -0.3 is 15.4 Å². The Morgan fingerprint density at radius 2 is 1.85 bits per heavy atom. The molecule has 2 N–H and O–H groups in total. The Labute approximate surface area is 157 Å². The molecule has 0 radical (unpaired) electrons. The normalized spacial score (nSPS) is 43.1. The number of likely N-dealkylation sites (N-methyl/N-ethyl adjacent to an activating group) is 1. The van der Waals surface area contributed by atoms with E-state index >= 15 is 0 Å². The van der Waals surface area contributed by atoms with Crippen molar-refractivity contribution in [2.45, 2.75) is 38.0 Å². The summed E-state index contributed by atoms with van der Waals surface area (Å²) >= 11 is 0. The van der Waals surface area contributed by atoms with E-state index in [1.165, 1.54) is 6.08 Å². The summed E-state index contributed by atoms with van der Waals surface area (Å²) in [5, 5.41) is 0. The summed E-state index contributed by atoms with van der Waals surface area (Å²) in [6.07, 6.45) is 0.453. The predicted octanol–water partition coefficient (Wildman–Crippen LogP) is 1.41. The number of hydrogen-bond donors (Lipinski definition) is 1. The fourth-order valence-corrected chi connectivity index (χ4v) is 6.02. The maximum Gasteiger partial charge on any atom is 0.264 e. The van der Waals surface area contributed by atoms with E-state index in [4.69, 9.17) is 10.5 Å². The minimum absolute atomic E-state index is 0.255. The second-order valence-corrected chi connectivity index (χ2v) is 8.93. The zero-order chi connectivity index (χ0) is 19.7. The topological polar surface area (TPSA) is 89.7 Å². The molecule has 2 aliphatic heterocycles. The van der Waals surface area contributed by atoms with Crippen LogP contribution in [0.5, 0.6) is 0 Å². The van der Waals surface area contributed by atoms with Crippen LogP contribution in [0.25, 0.3) is 0 Å². The van der Waals surface area contributed by atoms with Gasteiger partial charge in [-0.1, -0.05) is 32.1 Å². The fraction of sp³-hybridized carbons (Fsp3) is 0.476. The molecular weight excluding hydrogens is 344 g/mol. The van der Waals surface area contributed by atoms with Crippen molar-refractivity contribution < 1.29 is 19.1 Å². The first-order valence-corrected chi connectivity index (χ1v) is 9.13. The van der Waals surface area contributed by atoms with Gasteiger partial charge in [0.25, 0.3) is 5.91 Å². The number of carbonyl (C=O) groups is 3. The van der Waals surface area contributed by atoms with Gasteiger partial charge in [0, 0.05) is 18.0 Å². The molecule has 3 bridgehead atoms. The third-order valence-corrected chi connectivity index (χ3v) is 7.75. The van der Waals surface area contributed by atoms with E-state index in [9.17, 15) is 14.4 Å². The number of fused-ring (bicyclic) bond motifs is 2. The number of ketones is 2. The van der Waals surface area contributed by atoms with Crippen LogP contribution in [0.3, 0.4) is 0 Å². The van der Waals surface area contributed by atoms with Gasteiger partial charge >= 0.3 is 0 Å². The number of benzene rings is 1. The first-order chi connectivity index (χ1) is 12.5. The Kier molecular flexibility index (Phi) is 2.64. The number of Topliss-reactive ketones (excluding diaryl/α,β-unsaturated/α-hetero) is 2. The van der Waals surface area contributed by atoms with Crippen LogP contribution >= 0.6 is 0 Å². The monoisotopic (exact) mass is 366 g/mol. The van der Waals surface area contributed by atoms with Gasteiger partial charge in [0.15, 0.2) is 17.2 Å². The lowest BCUT2D eigenvalue weighted by molar-refractivity contribution is -0.167. The smallest absolute Gasteiger partial charge is 0.264 e. The molecular formula is C21H22N2O4. The molecule has 1 saturated carbocycles. The van der Waals surface area contributed by atoms with Gasteiger partial charge in [-0.05, 0) is 18.6 Å². The van der Waals surface area contributed by atoms with Crippen LogP contribution in [0.15, 0.2) is 30.9 Å². The van der Waals surface area contributed by atoms with Crippen molar-refractivity contribution in [3.8, 4) is 0 Å². The molecule has 1 amide bonds. The van der Waals surface area contributed by atoms with E-state index in [1.54, 1.807) is 31.0 Å². The van der Waals surface area contributed by atoms with Crippen molar-refractivity contribution in [3.05, 3.63) is 42.0 Å². The molecule has 4 aliphatic rings. The Morgan fingerprint density at radius 3 is 2.48 bits per heavy atom. The van der Waals surface area contributed by atoms with E-state index in [1.807, 2.05) is 19.9 Å². The van der Waals surface area contributed by atoms with Crippen LogP contribution in [-0.4, -0.2) is 30.6 Å². The van der Waals surface area contributed by atoms with Crippen molar-refractivity contribution in [3.63, 3.8) is 0 Å². The van der Waals surface area contributed by atoms with Crippen molar-refractivity contribution in [2.75, 3.05) is 11.9 Å². The molecule has 5 atom stereocenters. The van der Waals surface area contributed by atoms with E-state index in [0.717, 1.165) is 0 Å². The van der Waals surface area contributed by atoms with Crippen LogP contribution in [0.4, 0.5) is 5.69 Å². The van der Waals surface area contributed by atoms with E-state index < -0.39 is 34.0 Å². The lowest BCUT2D eigenvalue weighted by Crippen LogP contribution is -2.69. The zero-order valence-corrected chi connectivity index (χ0v) is 15.8. The summed E-state index contributed by atoms with van der Waals surface area (Å²) in [5.41, 5.74) is 3.44. The maximum absolute atomic E-state index is 13.8. The van der Waals surface area contributed by atoms with Crippen LogP contribution < -0.4 is 10.6 Å². The van der Waals surface area contributed by atoms with Crippen LogP contribution in [0.2, 0.25) is 0 Å². The average Bonchev–Trinajstić information content (AvgIpc) is 3.00. The fourth-order valence-electron chi connectivity index (χ4n) is 6.02. The first kappa shape index (κ1) is 16.8. The molecule has 6 heteroatoms. The van der Waals surface area contributed by atoms with Crippen molar-refractivity contribution in [1.29, 1.82) is 0 Å². The van der Waals surface area contributed by atoms with Crippen molar-refractivity contribution >= 4 is 23.2 Å². The SMILES string of the molecule is C=C[C@]1(C)C(=O)[C@@H]2O[C@]34C(=O)N(C)c5cccc(c53)[C@]1(N)C(=O)[C@@H]2C4(C)C. The minimum atomic E-state index is -1.59. The van der Waals surface area contributed by atoms with Gasteiger partial charge in [0.05, 0.1) is 17.0 Å². The zero-order valence-electron chi connectivity index (χ0n) is 15.8. The van der Waals surface area contributed by atoms with Crippen molar-refractivity contribution in [1.82, 2.24) is 0 Å². The Hall–Kier alpha value is -2.31. The number of ether oxygens (including phenoxy) is 1. The van der Waals surface area contributed by atoms with Gasteiger partial charge in [0.1, 0.15) is 11.6 Å². The molecule has 1 spiro atoms. The maximum atomic E-state index is 13.8. The summed E-state index contributed by atoms with van der Waals surface area (Å²) in [5.74, 6) is -1.59. The molecule has 1 saturated heterocycles. The molecule has 1 aromatic carbocycles. The highest BCUT2D eigenvalue weighted by atomic mass is 16.5. The molecule has 2 aliphatic carbocycles. The Morgan fingerprint density at radius 1 is 1.19 bits per heavy atom. The van der Waals surface area contributed by atoms with Gasteiger partial charge in [-0.2, -0.15) is 0 Å². The third kappa shape index (κ3) is 1.27. The van der Waals surface area contributed by atoms with Gasteiger partial charge in [-0.15, -0.1) is 6.58 Å². The highest BCUT2D eigenvalue weighted by molar-refractivity contribution is 6.16. The molecule has 6 nitrogen and oxygen atoms in total. The average molecular weight is 366 g/mol. The molecule has 0 aromatic heterocycles. The number of nitrogens with two attached hydrogens (primary N) is 1. The van der Waals surface area contributed by atoms with Crippen LogP contribution in [-0.2, 0) is 30.3 Å². The number of rotatable bonds is 1. The van der Waals surface area contributed by atoms with Gasteiger partial charge in [-0.25, -0.2) is 0 Å². The van der Waals surface area contributed by atoms with Crippen LogP contribution in [0.1, 0.15) is 31.9 Å². The molecule has 5 rings (SSSR count). The standard InChI is InChI=1S/C21H22N2O4/c1-6-19(4)16(25)14-13-15(24)20(19,22)10-8-7-9-11-12(10)21(27-14,18(13,2)3)17(26)23(11)5/h6-9,13-14H,1,22H2,2-5H3/t13-,14-,19-,20+,21+/m1/s1. The second kappa shape index (κ2) is 4.23. The number of nitrogens with zero attached hydrogens (tertiary/aromatic N) is 1.